The van der Waals surface area contributed by atoms with Crippen LogP contribution in [0.5, 0.6) is 0 Å². The predicted molar refractivity (Wildman–Crippen MR) is 134 cm³/mol. The summed E-state index contributed by atoms with van der Waals surface area (Å²) in [4.78, 5) is 32.2. The number of halogens is 1. The first-order chi connectivity index (χ1) is 15.1. The molecular formula is C22H34IN5O4. The number of nitro benzene ring substituents is 1. The second-order valence-corrected chi connectivity index (χ2v) is 8.04. The zero-order valence-corrected chi connectivity index (χ0v) is 21.0. The normalized spacial score (nSPS) is 17.6. The van der Waals surface area contributed by atoms with E-state index in [2.05, 4.69) is 17.1 Å². The van der Waals surface area contributed by atoms with Crippen LogP contribution in [-0.2, 0) is 16.1 Å². The number of hydrogen-bond acceptors (Lipinski definition) is 5. The van der Waals surface area contributed by atoms with Gasteiger partial charge in [-0.1, -0.05) is 25.5 Å². The van der Waals surface area contributed by atoms with Crippen molar-refractivity contribution in [3.05, 3.63) is 39.9 Å². The second kappa shape index (κ2) is 13.6. The highest BCUT2D eigenvalue weighted by Crippen LogP contribution is 2.21. The molecule has 0 atom stereocenters. The number of carbonyl (C=O) groups excluding carboxylic acids is 1. The van der Waals surface area contributed by atoms with Gasteiger partial charge in [-0.05, 0) is 24.8 Å². The summed E-state index contributed by atoms with van der Waals surface area (Å²) in [5, 5.41) is 14.3. The first-order valence-electron chi connectivity index (χ1n) is 11.2. The third-order valence-corrected chi connectivity index (χ3v) is 5.84. The highest BCUT2D eigenvalue weighted by atomic mass is 127. The van der Waals surface area contributed by atoms with E-state index in [0.29, 0.717) is 32.8 Å². The van der Waals surface area contributed by atoms with Gasteiger partial charge in [0.15, 0.2) is 5.96 Å². The number of nitrogens with zero attached hydrogens (tertiary/aromatic N) is 4. The Bertz CT molecular complexity index is 760. The van der Waals surface area contributed by atoms with Crippen LogP contribution in [0.4, 0.5) is 5.69 Å². The van der Waals surface area contributed by atoms with Crippen molar-refractivity contribution in [3.63, 3.8) is 0 Å². The summed E-state index contributed by atoms with van der Waals surface area (Å²) in [6.45, 7) is 7.69. The lowest BCUT2D eigenvalue weighted by Crippen LogP contribution is -2.50. The predicted octanol–water partition coefficient (Wildman–Crippen LogP) is 3.03. The molecule has 2 saturated heterocycles. The molecule has 1 N–H and O–H groups in total. The van der Waals surface area contributed by atoms with Gasteiger partial charge in [-0.3, -0.25) is 14.9 Å². The Balaban J connectivity index is 0.00000363. The molecule has 2 aliphatic heterocycles. The van der Waals surface area contributed by atoms with Crippen molar-refractivity contribution < 1.29 is 14.5 Å². The molecule has 0 radical (unpaired) electrons. The third-order valence-electron chi connectivity index (χ3n) is 5.84. The Labute approximate surface area is 206 Å². The van der Waals surface area contributed by atoms with E-state index in [1.165, 1.54) is 12.1 Å². The maximum atomic E-state index is 12.8. The number of rotatable bonds is 7. The standard InChI is InChI=1S/C22H33N5O4.HI/c1-2-3-10-23-22(24-17-18-4-6-20(7-5-18)27(29)30)26-11-8-19(9-12-26)21(28)25-13-15-31-16-14-25;/h4-7,19H,2-3,8-17H2,1H3,(H,23,24);1H. The molecule has 1 aromatic rings. The molecule has 32 heavy (non-hydrogen) atoms. The highest BCUT2D eigenvalue weighted by molar-refractivity contribution is 14.0. The van der Waals surface area contributed by atoms with E-state index in [-0.39, 0.29) is 41.5 Å². The lowest BCUT2D eigenvalue weighted by molar-refractivity contribution is -0.384. The summed E-state index contributed by atoms with van der Waals surface area (Å²) < 4.78 is 5.35. The van der Waals surface area contributed by atoms with Gasteiger partial charge in [0.25, 0.3) is 5.69 Å². The number of hydrogen-bond donors (Lipinski definition) is 1. The Morgan fingerprint density at radius 3 is 2.41 bits per heavy atom. The van der Waals surface area contributed by atoms with Gasteiger partial charge in [0.1, 0.15) is 0 Å². The molecule has 0 bridgehead atoms. The molecule has 0 aliphatic carbocycles. The number of morpholine rings is 1. The van der Waals surface area contributed by atoms with Gasteiger partial charge in [0.2, 0.25) is 5.91 Å². The van der Waals surface area contributed by atoms with Crippen LogP contribution in [-0.4, -0.2) is 72.5 Å². The molecule has 9 nitrogen and oxygen atoms in total. The van der Waals surface area contributed by atoms with E-state index in [9.17, 15) is 14.9 Å². The molecule has 1 amide bonds. The van der Waals surface area contributed by atoms with Crippen molar-refractivity contribution in [1.29, 1.82) is 0 Å². The Hall–Kier alpha value is -1.95. The van der Waals surface area contributed by atoms with E-state index in [1.807, 2.05) is 4.90 Å². The molecule has 2 fully saturated rings. The molecule has 2 aliphatic rings. The Kier molecular flexibility index (Phi) is 11.1. The summed E-state index contributed by atoms with van der Waals surface area (Å²) in [5.41, 5.74) is 1.01. The zero-order valence-electron chi connectivity index (χ0n) is 18.7. The average molecular weight is 559 g/mol. The number of likely N-dealkylation sites (tertiary alicyclic amines) is 1. The van der Waals surface area contributed by atoms with Crippen molar-refractivity contribution >= 4 is 41.5 Å². The number of amides is 1. The summed E-state index contributed by atoms with van der Waals surface area (Å²) in [7, 11) is 0. The molecule has 10 heteroatoms. The molecule has 2 heterocycles. The Morgan fingerprint density at radius 1 is 1.16 bits per heavy atom. The maximum Gasteiger partial charge on any atom is 0.269 e. The fourth-order valence-electron chi connectivity index (χ4n) is 3.91. The first kappa shape index (κ1) is 26.3. The van der Waals surface area contributed by atoms with E-state index >= 15 is 0 Å². The molecule has 0 unspecified atom stereocenters. The molecule has 0 saturated carbocycles. The topological polar surface area (TPSA) is 100 Å². The highest BCUT2D eigenvalue weighted by Gasteiger charge is 2.30. The third kappa shape index (κ3) is 7.58. The molecular weight excluding hydrogens is 525 g/mol. The second-order valence-electron chi connectivity index (χ2n) is 8.04. The van der Waals surface area contributed by atoms with Gasteiger partial charge < -0.3 is 19.9 Å². The number of ether oxygens (including phenoxy) is 1. The smallest absolute Gasteiger partial charge is 0.269 e. The number of piperidine rings is 1. The molecule has 1 aromatic carbocycles. The van der Waals surface area contributed by atoms with E-state index < -0.39 is 4.92 Å². The fraction of sp³-hybridized carbons (Fsp3) is 0.636. The Morgan fingerprint density at radius 2 is 1.81 bits per heavy atom. The summed E-state index contributed by atoms with van der Waals surface area (Å²) >= 11 is 0. The number of non-ortho nitro benzene ring substituents is 1. The van der Waals surface area contributed by atoms with E-state index in [4.69, 9.17) is 9.73 Å². The lowest BCUT2D eigenvalue weighted by atomic mass is 9.95. The zero-order chi connectivity index (χ0) is 22.1. The largest absolute Gasteiger partial charge is 0.378 e. The van der Waals surface area contributed by atoms with Gasteiger partial charge in [-0.2, -0.15) is 0 Å². The van der Waals surface area contributed by atoms with Gasteiger partial charge in [0.05, 0.1) is 24.7 Å². The van der Waals surface area contributed by atoms with Crippen LogP contribution in [0.2, 0.25) is 0 Å². The lowest BCUT2D eigenvalue weighted by Gasteiger charge is -2.36. The molecule has 3 rings (SSSR count). The van der Waals surface area contributed by atoms with Gasteiger partial charge in [-0.25, -0.2) is 4.99 Å². The number of benzene rings is 1. The number of guanidine groups is 1. The first-order valence-corrected chi connectivity index (χ1v) is 11.2. The molecule has 0 spiro atoms. The minimum atomic E-state index is -0.396. The van der Waals surface area contributed by atoms with Crippen LogP contribution in [0.15, 0.2) is 29.3 Å². The molecule has 178 valence electrons. The number of aliphatic imine (C=N–C) groups is 1. The van der Waals surface area contributed by atoms with Crippen molar-refractivity contribution in [2.24, 2.45) is 10.9 Å². The van der Waals surface area contributed by atoms with E-state index in [1.54, 1.807) is 12.1 Å². The van der Waals surface area contributed by atoms with Gasteiger partial charge in [0, 0.05) is 50.8 Å². The van der Waals surface area contributed by atoms with Crippen LogP contribution in [0.1, 0.15) is 38.2 Å². The average Bonchev–Trinajstić information content (AvgIpc) is 2.82. The van der Waals surface area contributed by atoms with Crippen LogP contribution in [0, 0.1) is 16.0 Å². The number of carbonyl (C=O) groups is 1. The van der Waals surface area contributed by atoms with Crippen molar-refractivity contribution in [2.45, 2.75) is 39.2 Å². The van der Waals surface area contributed by atoms with Crippen molar-refractivity contribution in [3.8, 4) is 0 Å². The van der Waals surface area contributed by atoms with Crippen LogP contribution in [0.3, 0.4) is 0 Å². The van der Waals surface area contributed by atoms with Crippen LogP contribution < -0.4 is 5.32 Å². The van der Waals surface area contributed by atoms with E-state index in [0.717, 1.165) is 56.8 Å². The van der Waals surface area contributed by atoms with Crippen molar-refractivity contribution in [1.82, 2.24) is 15.1 Å². The van der Waals surface area contributed by atoms with Crippen LogP contribution in [0.25, 0.3) is 0 Å². The minimum Gasteiger partial charge on any atom is -0.378 e. The van der Waals surface area contributed by atoms with Gasteiger partial charge >= 0.3 is 0 Å². The summed E-state index contributed by atoms with van der Waals surface area (Å²) in [6.07, 6.45) is 3.80. The minimum absolute atomic E-state index is 0. The quantitative estimate of drug-likeness (QED) is 0.138. The van der Waals surface area contributed by atoms with Gasteiger partial charge in [-0.15, -0.1) is 24.0 Å². The molecule has 0 aromatic heterocycles. The van der Waals surface area contributed by atoms with Crippen LogP contribution >= 0.6 is 24.0 Å². The fourth-order valence-corrected chi connectivity index (χ4v) is 3.91. The number of nitrogens with one attached hydrogen (secondary N) is 1. The number of unbranched alkanes of at least 4 members (excludes halogenated alkanes) is 1. The van der Waals surface area contributed by atoms with Crippen molar-refractivity contribution in [2.75, 3.05) is 45.9 Å². The summed E-state index contributed by atoms with van der Waals surface area (Å²) in [5.74, 6) is 1.18. The number of nitro groups is 1. The summed E-state index contributed by atoms with van der Waals surface area (Å²) in [6, 6.07) is 6.52. The monoisotopic (exact) mass is 559 g/mol. The SMILES string of the molecule is CCCCNC(=NCc1ccc([N+](=O)[O-])cc1)N1CCC(C(=O)N2CCOCC2)CC1.I. The maximum absolute atomic E-state index is 12.8.